The van der Waals surface area contributed by atoms with Gasteiger partial charge in [-0.3, -0.25) is 9.59 Å². The van der Waals surface area contributed by atoms with Gasteiger partial charge in [-0.25, -0.2) is 4.79 Å². The summed E-state index contributed by atoms with van der Waals surface area (Å²) in [6.45, 7) is 4.27. The second-order valence-electron chi connectivity index (χ2n) is 7.78. The van der Waals surface area contributed by atoms with Crippen LogP contribution in [0.2, 0.25) is 0 Å². The van der Waals surface area contributed by atoms with Crippen molar-refractivity contribution in [2.75, 3.05) is 11.9 Å². The fourth-order valence-corrected chi connectivity index (χ4v) is 3.80. The Morgan fingerprint density at radius 1 is 1.16 bits per heavy atom. The number of carboxylic acid groups (broad SMARTS) is 1. The average molecular weight is 433 g/mol. The molecule has 0 saturated heterocycles. The van der Waals surface area contributed by atoms with Crippen LogP contribution in [0.4, 0.5) is 5.69 Å². The van der Waals surface area contributed by atoms with Crippen molar-refractivity contribution in [1.29, 1.82) is 0 Å². The summed E-state index contributed by atoms with van der Waals surface area (Å²) >= 11 is 0. The van der Waals surface area contributed by atoms with Crippen molar-refractivity contribution in [3.63, 3.8) is 0 Å². The van der Waals surface area contributed by atoms with E-state index in [4.69, 9.17) is 5.11 Å². The molecule has 0 spiro atoms. The number of allylic oxidation sites excluding steroid dienone is 3. The predicted molar refractivity (Wildman–Crippen MR) is 125 cm³/mol. The number of carboxylic acids is 1. The Bertz CT molecular complexity index is 1070. The Balaban J connectivity index is 1.87. The Morgan fingerprint density at radius 3 is 2.66 bits per heavy atom. The summed E-state index contributed by atoms with van der Waals surface area (Å²) in [5.41, 5.74) is 3.16. The van der Waals surface area contributed by atoms with Crippen molar-refractivity contribution in [2.45, 2.75) is 39.2 Å². The molecule has 6 nitrogen and oxygen atoms in total. The number of unbranched alkanes of at least 4 members (excludes halogenated alkanes) is 1. The summed E-state index contributed by atoms with van der Waals surface area (Å²) in [6, 6.07) is 11.4. The molecule has 3 rings (SSSR count). The number of amides is 2. The first kappa shape index (κ1) is 23.0. The molecule has 1 aliphatic heterocycles. The molecule has 0 fully saturated rings. The first-order valence-electron chi connectivity index (χ1n) is 10.8. The zero-order valence-electron chi connectivity index (χ0n) is 18.4. The number of hydrogen-bond acceptors (Lipinski definition) is 3. The van der Waals surface area contributed by atoms with Gasteiger partial charge in [-0.05, 0) is 54.7 Å². The Kier molecular flexibility index (Phi) is 7.60. The van der Waals surface area contributed by atoms with Crippen molar-refractivity contribution >= 4 is 23.5 Å². The minimum Gasteiger partial charge on any atom is -0.478 e. The summed E-state index contributed by atoms with van der Waals surface area (Å²) in [7, 11) is 0. The van der Waals surface area contributed by atoms with E-state index in [2.05, 4.69) is 12.2 Å². The minimum absolute atomic E-state index is 0.154. The lowest BCUT2D eigenvalue weighted by Gasteiger charge is -2.36. The molecule has 1 aliphatic rings. The quantitative estimate of drug-likeness (QED) is 0.492. The first-order chi connectivity index (χ1) is 15.4. The van der Waals surface area contributed by atoms with Gasteiger partial charge < -0.3 is 15.3 Å². The highest BCUT2D eigenvalue weighted by Gasteiger charge is 2.35. The van der Waals surface area contributed by atoms with Crippen molar-refractivity contribution < 1.29 is 19.5 Å². The van der Waals surface area contributed by atoms with Gasteiger partial charge in [-0.1, -0.05) is 55.8 Å². The van der Waals surface area contributed by atoms with Crippen LogP contribution in [0.5, 0.6) is 0 Å². The zero-order valence-corrected chi connectivity index (χ0v) is 18.4. The molecule has 2 amide bonds. The number of carbonyl (C=O) groups is 3. The molecule has 0 aromatic heterocycles. The third kappa shape index (κ3) is 5.32. The van der Waals surface area contributed by atoms with Gasteiger partial charge in [0.1, 0.15) is 6.04 Å². The molecule has 166 valence electrons. The van der Waals surface area contributed by atoms with Crippen molar-refractivity contribution in [3.8, 4) is 0 Å². The van der Waals surface area contributed by atoms with E-state index >= 15 is 0 Å². The van der Waals surface area contributed by atoms with E-state index in [0.717, 1.165) is 24.0 Å². The number of hydrogen-bond donors (Lipinski definition) is 2. The summed E-state index contributed by atoms with van der Waals surface area (Å²) < 4.78 is 0. The molecule has 0 saturated carbocycles. The second-order valence-corrected chi connectivity index (χ2v) is 7.78. The standard InChI is InChI=1S/C26H28N2O4/c1-3-4-5-6-7-12-23(29)28-16-15-19-10-8-9-11-21(19)24(28)25(30)27-22-14-13-20(26(31)32)17-18(22)2/h5-14,17,24H,3-4,15-16H2,1-2H3,(H,27,30)(H,31,32). The summed E-state index contributed by atoms with van der Waals surface area (Å²) in [5.74, 6) is -1.57. The number of aromatic carboxylic acids is 1. The van der Waals surface area contributed by atoms with Crippen LogP contribution in [0.15, 0.2) is 66.8 Å². The molecule has 2 N–H and O–H groups in total. The highest BCUT2D eigenvalue weighted by atomic mass is 16.4. The number of benzene rings is 2. The fourth-order valence-electron chi connectivity index (χ4n) is 3.80. The highest BCUT2D eigenvalue weighted by Crippen LogP contribution is 2.31. The lowest BCUT2D eigenvalue weighted by molar-refractivity contribution is -0.135. The van der Waals surface area contributed by atoms with E-state index in [1.54, 1.807) is 24.0 Å². The molecule has 6 heteroatoms. The van der Waals surface area contributed by atoms with Crippen LogP contribution in [0.1, 0.15) is 52.9 Å². The van der Waals surface area contributed by atoms with Crippen LogP contribution < -0.4 is 5.32 Å². The Labute approximate surface area is 188 Å². The third-order valence-electron chi connectivity index (χ3n) is 5.49. The SMILES string of the molecule is CCCC=CC=CC(=O)N1CCc2ccccc2C1C(=O)Nc1ccc(C(=O)O)cc1C. The van der Waals surface area contributed by atoms with E-state index < -0.39 is 12.0 Å². The van der Waals surface area contributed by atoms with Gasteiger partial charge in [0, 0.05) is 18.3 Å². The predicted octanol–water partition coefficient (Wildman–Crippen LogP) is 4.67. The van der Waals surface area contributed by atoms with Gasteiger partial charge in [-0.15, -0.1) is 0 Å². The van der Waals surface area contributed by atoms with Gasteiger partial charge in [0.25, 0.3) is 5.91 Å². The lowest BCUT2D eigenvalue weighted by atomic mass is 9.91. The van der Waals surface area contributed by atoms with Gasteiger partial charge >= 0.3 is 5.97 Å². The zero-order chi connectivity index (χ0) is 23.1. The minimum atomic E-state index is -1.02. The molecule has 0 aliphatic carbocycles. The van der Waals surface area contributed by atoms with E-state index in [9.17, 15) is 14.4 Å². The molecule has 2 aromatic carbocycles. The van der Waals surface area contributed by atoms with Gasteiger partial charge in [-0.2, -0.15) is 0 Å². The number of rotatable bonds is 7. The van der Waals surface area contributed by atoms with Gasteiger partial charge in [0.2, 0.25) is 5.91 Å². The summed E-state index contributed by atoms with van der Waals surface area (Å²) in [5, 5.41) is 12.1. The first-order valence-corrected chi connectivity index (χ1v) is 10.8. The fraction of sp³-hybridized carbons (Fsp3) is 0.269. The number of fused-ring (bicyclic) bond motifs is 1. The smallest absolute Gasteiger partial charge is 0.335 e. The van der Waals surface area contributed by atoms with Crippen LogP contribution in [0.25, 0.3) is 0 Å². The Morgan fingerprint density at radius 2 is 1.94 bits per heavy atom. The number of carbonyl (C=O) groups excluding carboxylic acids is 2. The number of nitrogens with zero attached hydrogens (tertiary/aromatic N) is 1. The molecule has 2 aromatic rings. The van der Waals surface area contributed by atoms with Gasteiger partial charge in [0.15, 0.2) is 0 Å². The maximum Gasteiger partial charge on any atom is 0.335 e. The molecular formula is C26H28N2O4. The number of nitrogens with one attached hydrogen (secondary N) is 1. The lowest BCUT2D eigenvalue weighted by Crippen LogP contribution is -2.44. The van der Waals surface area contributed by atoms with Crippen molar-refractivity contribution in [1.82, 2.24) is 4.90 Å². The monoisotopic (exact) mass is 432 g/mol. The molecule has 1 unspecified atom stereocenters. The van der Waals surface area contributed by atoms with Gasteiger partial charge in [0.05, 0.1) is 5.56 Å². The molecule has 0 radical (unpaired) electrons. The largest absolute Gasteiger partial charge is 0.478 e. The normalized spacial score (nSPS) is 15.7. The van der Waals surface area contributed by atoms with Crippen LogP contribution in [0.3, 0.4) is 0 Å². The number of anilines is 1. The van der Waals surface area contributed by atoms with Crippen LogP contribution in [-0.2, 0) is 16.0 Å². The van der Waals surface area contributed by atoms with E-state index in [1.807, 2.05) is 36.4 Å². The van der Waals surface area contributed by atoms with E-state index in [1.165, 1.54) is 18.2 Å². The molecule has 0 bridgehead atoms. The van der Waals surface area contributed by atoms with E-state index in [0.29, 0.717) is 24.2 Å². The molecule has 32 heavy (non-hydrogen) atoms. The van der Waals surface area contributed by atoms with E-state index in [-0.39, 0.29) is 17.4 Å². The third-order valence-corrected chi connectivity index (χ3v) is 5.49. The second kappa shape index (κ2) is 10.6. The highest BCUT2D eigenvalue weighted by molar-refractivity contribution is 6.01. The topological polar surface area (TPSA) is 86.7 Å². The maximum absolute atomic E-state index is 13.4. The van der Waals surface area contributed by atoms with Crippen molar-refractivity contribution in [2.24, 2.45) is 0 Å². The molecule has 1 atom stereocenters. The Hall–Kier alpha value is -3.67. The number of aryl methyl sites for hydroxylation is 1. The average Bonchev–Trinajstić information content (AvgIpc) is 2.79. The molecular weight excluding hydrogens is 404 g/mol. The summed E-state index contributed by atoms with van der Waals surface area (Å²) in [4.78, 5) is 39.1. The van der Waals surface area contributed by atoms with Crippen molar-refractivity contribution in [3.05, 3.63) is 89.0 Å². The summed E-state index contributed by atoms with van der Waals surface area (Å²) in [6.07, 6.45) is 9.72. The van der Waals surface area contributed by atoms with Crippen LogP contribution >= 0.6 is 0 Å². The van der Waals surface area contributed by atoms with Crippen LogP contribution in [0, 0.1) is 6.92 Å². The van der Waals surface area contributed by atoms with Crippen LogP contribution in [-0.4, -0.2) is 34.3 Å². The molecule has 1 heterocycles. The maximum atomic E-state index is 13.4.